The molecule has 0 bridgehead atoms. The maximum Gasteiger partial charge on any atom is 0.282 e. The number of aromatic nitrogens is 20. The minimum Gasteiger partial charge on any atom is -0.353 e. The molecular weight excluding hydrogens is 1710 g/mol. The second kappa shape index (κ2) is 38.7. The fourth-order valence-corrected chi connectivity index (χ4v) is 17.7. The Morgan fingerprint density at radius 1 is 0.315 bits per heavy atom. The fourth-order valence-electron chi connectivity index (χ4n) is 15.6. The molecule has 0 amide bonds. The lowest BCUT2D eigenvalue weighted by Crippen LogP contribution is -2.47. The SMILES string of the molecule is CC1C(CNS(C)(=O)=O)CCCN1c1cc(-c2cnc3ccc(C(F)F)nn23)ncn1.CC1C(CNS(C)(=O)=O)CCCN1c1cc(-c2cnc3ccc(C(F)F)nn23)ncn1.CC1C(CNS(C)(=O)=O)CCCN1c1cc(-c2cnc3ccc(C(F)F)nn23)ncn1.CC1C(CNS(C)(=O)=O)CCCN1c1cc(-c2cnc3ccc(C(F)F)nn23)ncn1. The molecule has 8 unspecified atom stereocenters. The average molecular weight is 1810 g/mol. The smallest absolute Gasteiger partial charge is 0.282 e. The number of hydrogen-bond acceptors (Lipinski definition) is 28. The molecule has 16 heterocycles. The number of halogens is 8. The van der Waals surface area contributed by atoms with E-state index in [0.717, 1.165) is 103 Å². The summed E-state index contributed by atoms with van der Waals surface area (Å²) in [7, 11) is -13.0. The van der Waals surface area contributed by atoms with E-state index in [1.165, 1.54) is 91.9 Å². The first kappa shape index (κ1) is 90.8. The van der Waals surface area contributed by atoms with Gasteiger partial charge in [0.1, 0.15) is 94.1 Å². The fraction of sp³-hybridized carbons (Fsp3) is 0.474. The minimum absolute atomic E-state index is 0.0523. The summed E-state index contributed by atoms with van der Waals surface area (Å²) < 4.78 is 212. The van der Waals surface area contributed by atoms with E-state index in [-0.39, 0.29) is 70.6 Å². The number of piperidine rings is 4. The molecule has 16 rings (SSSR count). The molecule has 8 atom stereocenters. The van der Waals surface area contributed by atoms with Crippen molar-refractivity contribution in [2.24, 2.45) is 23.7 Å². The third-order valence-corrected chi connectivity index (χ3v) is 25.0. The summed E-state index contributed by atoms with van der Waals surface area (Å²) in [4.78, 5) is 60.2. The van der Waals surface area contributed by atoms with Crippen molar-refractivity contribution in [3.8, 4) is 45.6 Å². The van der Waals surface area contributed by atoms with Crippen LogP contribution in [0.4, 0.5) is 58.4 Å². The van der Waals surface area contributed by atoms with Crippen LogP contribution in [0.2, 0.25) is 0 Å². The molecule has 12 aromatic rings. The zero-order valence-electron chi connectivity index (χ0n) is 68.4. The highest BCUT2D eigenvalue weighted by Gasteiger charge is 2.35. The first-order valence-electron chi connectivity index (χ1n) is 39.6. The molecule has 664 valence electrons. The van der Waals surface area contributed by atoms with Crippen LogP contribution in [0.3, 0.4) is 0 Å². The molecule has 48 heteroatoms. The highest BCUT2D eigenvalue weighted by molar-refractivity contribution is 7.89. The van der Waals surface area contributed by atoms with Crippen molar-refractivity contribution in [2.45, 2.75) is 129 Å². The third-order valence-electron chi connectivity index (χ3n) is 22.3. The molecular formula is C76H92F8N28O8S4. The van der Waals surface area contributed by atoms with Gasteiger partial charge in [-0.3, -0.25) is 0 Å². The van der Waals surface area contributed by atoms with Crippen molar-refractivity contribution in [2.75, 3.05) is 97.0 Å². The molecule has 4 saturated heterocycles. The quantitative estimate of drug-likeness (QED) is 0.0409. The van der Waals surface area contributed by atoms with Crippen molar-refractivity contribution in [3.63, 3.8) is 0 Å². The lowest BCUT2D eigenvalue weighted by Gasteiger charge is -2.40. The first-order chi connectivity index (χ1) is 58.9. The Bertz CT molecular complexity index is 5480. The Labute approximate surface area is 708 Å². The van der Waals surface area contributed by atoms with E-state index < -0.39 is 65.8 Å². The Kier molecular flexibility index (Phi) is 28.3. The zero-order chi connectivity index (χ0) is 88.7. The number of imidazole rings is 4. The molecule has 124 heavy (non-hydrogen) atoms. The van der Waals surface area contributed by atoms with Crippen LogP contribution < -0.4 is 38.5 Å². The van der Waals surface area contributed by atoms with Crippen LogP contribution in [-0.4, -0.2) is 233 Å². The summed E-state index contributed by atoms with van der Waals surface area (Å²) in [5.74, 6) is 3.26. The molecule has 0 spiro atoms. The monoisotopic (exact) mass is 1800 g/mol. The van der Waals surface area contributed by atoms with E-state index in [0.29, 0.717) is 118 Å². The molecule has 4 aliphatic rings. The van der Waals surface area contributed by atoms with E-state index in [2.05, 4.69) is 119 Å². The summed E-state index contributed by atoms with van der Waals surface area (Å²) in [6, 6.07) is 18.3. The molecule has 0 radical (unpaired) electrons. The molecule has 4 N–H and O–H groups in total. The van der Waals surface area contributed by atoms with Gasteiger partial charge in [0.15, 0.2) is 22.6 Å². The molecule has 0 aromatic carbocycles. The van der Waals surface area contributed by atoms with Crippen LogP contribution in [0.25, 0.3) is 68.1 Å². The van der Waals surface area contributed by atoms with Crippen LogP contribution in [0.15, 0.2) is 123 Å². The van der Waals surface area contributed by atoms with Crippen LogP contribution in [0, 0.1) is 23.7 Å². The highest BCUT2D eigenvalue weighted by atomic mass is 32.2. The average Bonchev–Trinajstić information content (AvgIpc) is 1.55. The minimum atomic E-state index is -3.26. The Balaban J connectivity index is 0.000000142. The van der Waals surface area contributed by atoms with Crippen molar-refractivity contribution >= 4 is 86.0 Å². The highest BCUT2D eigenvalue weighted by Crippen LogP contribution is 2.36. The normalized spacial score (nSPS) is 20.0. The second-order valence-corrected chi connectivity index (χ2v) is 38.1. The standard InChI is InChI=1S/4C19H23F2N7O2S/c4*1-12-13(9-25-31(2,29)30)4-3-7-27(12)18-8-15(23-11-24-18)16-10-22-17-6-5-14(19(20)21)26-28(16)17/h4*5-6,8,10-13,19,25H,3-4,7,9H2,1-2H3. The van der Waals surface area contributed by atoms with Gasteiger partial charge in [-0.25, -0.2) is 166 Å². The number of alkyl halides is 8. The van der Waals surface area contributed by atoms with Gasteiger partial charge in [0, 0.05) is 101 Å². The lowest BCUT2D eigenvalue weighted by molar-refractivity contribution is 0.144. The Hall–Kier alpha value is -10.9. The predicted octanol–water partition coefficient (Wildman–Crippen LogP) is 9.11. The molecule has 12 aromatic heterocycles. The molecule has 4 aliphatic heterocycles. The number of nitrogens with one attached hydrogen (secondary N) is 4. The molecule has 4 fully saturated rings. The van der Waals surface area contributed by atoms with Gasteiger partial charge in [-0.15, -0.1) is 0 Å². The summed E-state index contributed by atoms with van der Waals surface area (Å²) in [6.45, 7) is 12.7. The van der Waals surface area contributed by atoms with Gasteiger partial charge in [0.05, 0.1) is 72.6 Å². The number of sulfonamides is 4. The van der Waals surface area contributed by atoms with Gasteiger partial charge in [0.25, 0.3) is 25.7 Å². The second-order valence-electron chi connectivity index (χ2n) is 30.8. The Morgan fingerprint density at radius 3 is 0.702 bits per heavy atom. The van der Waals surface area contributed by atoms with E-state index in [9.17, 15) is 68.8 Å². The van der Waals surface area contributed by atoms with Crippen molar-refractivity contribution in [3.05, 3.63) is 146 Å². The molecule has 36 nitrogen and oxygen atoms in total. The lowest BCUT2D eigenvalue weighted by atomic mass is 9.90. The third kappa shape index (κ3) is 22.4. The number of rotatable bonds is 24. The largest absolute Gasteiger partial charge is 0.353 e. The van der Waals surface area contributed by atoms with Crippen molar-refractivity contribution in [1.29, 1.82) is 0 Å². The van der Waals surface area contributed by atoms with Gasteiger partial charge < -0.3 is 19.6 Å². The van der Waals surface area contributed by atoms with Gasteiger partial charge in [-0.2, -0.15) is 20.4 Å². The van der Waals surface area contributed by atoms with E-state index >= 15 is 0 Å². The van der Waals surface area contributed by atoms with Gasteiger partial charge in [0.2, 0.25) is 40.1 Å². The zero-order valence-corrected chi connectivity index (χ0v) is 71.7. The van der Waals surface area contributed by atoms with Crippen LogP contribution in [0.1, 0.15) is 128 Å². The van der Waals surface area contributed by atoms with Gasteiger partial charge in [-0.1, -0.05) is 0 Å². The molecule has 0 aliphatic carbocycles. The van der Waals surface area contributed by atoms with Crippen molar-refractivity contribution in [1.82, 2.24) is 117 Å². The van der Waals surface area contributed by atoms with E-state index in [4.69, 9.17) is 0 Å². The summed E-state index contributed by atoms with van der Waals surface area (Å²) in [6.07, 6.45) is 12.9. The van der Waals surface area contributed by atoms with Crippen LogP contribution in [-0.2, 0) is 40.1 Å². The summed E-state index contributed by atoms with van der Waals surface area (Å²) >= 11 is 0. The summed E-state index contributed by atoms with van der Waals surface area (Å²) in [5.41, 5.74) is 4.41. The van der Waals surface area contributed by atoms with E-state index in [1.54, 1.807) is 49.1 Å². The predicted molar refractivity (Wildman–Crippen MR) is 445 cm³/mol. The maximum absolute atomic E-state index is 13.1. The molecule has 0 saturated carbocycles. The number of fused-ring (bicyclic) bond motifs is 4. The van der Waals surface area contributed by atoms with Crippen LogP contribution >= 0.6 is 0 Å². The van der Waals surface area contributed by atoms with Gasteiger partial charge >= 0.3 is 0 Å². The number of nitrogens with zero attached hydrogens (tertiary/aromatic N) is 24. The number of anilines is 4. The summed E-state index contributed by atoms with van der Waals surface area (Å²) in [5, 5.41) is 16.0. The maximum atomic E-state index is 13.1. The topological polar surface area (TPSA) is 422 Å². The van der Waals surface area contributed by atoms with Gasteiger partial charge in [-0.05, 0) is 151 Å². The first-order valence-corrected chi connectivity index (χ1v) is 47.1. The van der Waals surface area contributed by atoms with Crippen LogP contribution in [0.5, 0.6) is 0 Å². The van der Waals surface area contributed by atoms with E-state index in [1.807, 2.05) is 27.7 Å². The van der Waals surface area contributed by atoms with Crippen molar-refractivity contribution < 1.29 is 68.8 Å². The Morgan fingerprint density at radius 2 is 0.516 bits per heavy atom. The number of hydrogen-bond donors (Lipinski definition) is 4.